The molecule has 0 unspecified atom stereocenters. The van der Waals surface area contributed by atoms with E-state index in [9.17, 15) is 14.4 Å². The van der Waals surface area contributed by atoms with Gasteiger partial charge in [-0.25, -0.2) is 9.69 Å². The highest BCUT2D eigenvalue weighted by molar-refractivity contribution is 6.39. The fraction of sp³-hybridized carbons (Fsp3) is 0.167. The molecule has 0 aromatic carbocycles. The van der Waals surface area contributed by atoms with Gasteiger partial charge in [0.05, 0.1) is 0 Å². The van der Waals surface area contributed by atoms with Gasteiger partial charge >= 0.3 is 12.0 Å². The van der Waals surface area contributed by atoms with Crippen LogP contribution in [0.1, 0.15) is 6.42 Å². The maximum Gasteiger partial charge on any atom is 0.418 e. The number of hydrogen-bond acceptors (Lipinski definition) is 3. The average Bonchev–Trinajstić information content (AvgIpc) is 1.94. The molecule has 0 bridgehead atoms. The molecular formula is C6H5NO4. The second kappa shape index (κ2) is 2.53. The minimum Gasteiger partial charge on any atom is -0.464 e. The predicted molar refractivity (Wildman–Crippen MR) is 33.6 cm³/mol. The van der Waals surface area contributed by atoms with E-state index in [-0.39, 0.29) is 6.42 Å². The van der Waals surface area contributed by atoms with Gasteiger partial charge in [-0.05, 0) is 0 Å². The number of rotatable bonds is 0. The third-order valence-electron chi connectivity index (χ3n) is 1.22. The number of Topliss-reactive ketones (excluding diaryl/α,β-unsaturated/α-hetero) is 1. The lowest BCUT2D eigenvalue weighted by molar-refractivity contribution is -0.142. The maximum atomic E-state index is 10.7. The van der Waals surface area contributed by atoms with Crippen LogP contribution in [0.4, 0.5) is 4.79 Å². The van der Waals surface area contributed by atoms with Crippen LogP contribution in [0.5, 0.6) is 0 Å². The van der Waals surface area contributed by atoms with E-state index >= 15 is 0 Å². The zero-order valence-electron chi connectivity index (χ0n) is 5.48. The van der Waals surface area contributed by atoms with Crippen LogP contribution in [-0.4, -0.2) is 27.8 Å². The monoisotopic (exact) mass is 155 g/mol. The van der Waals surface area contributed by atoms with Crippen molar-refractivity contribution in [1.29, 1.82) is 0 Å². The summed E-state index contributed by atoms with van der Waals surface area (Å²) in [4.78, 5) is 31.9. The number of carboxylic acid groups (broad SMARTS) is 1. The van der Waals surface area contributed by atoms with Crippen molar-refractivity contribution in [3.63, 3.8) is 0 Å². The Labute approximate surface area is 61.9 Å². The standard InChI is InChI=1S/C6H5NO4/c8-4-2-1-3-7(5(4)9)6(10)11/h1,3H,2H2,(H,10,11). The molecule has 2 amide bonds. The fourth-order valence-electron chi connectivity index (χ4n) is 0.705. The highest BCUT2D eigenvalue weighted by atomic mass is 16.4. The lowest BCUT2D eigenvalue weighted by Gasteiger charge is -2.13. The Balaban J connectivity index is 2.89. The van der Waals surface area contributed by atoms with Gasteiger partial charge in [-0.1, -0.05) is 6.08 Å². The van der Waals surface area contributed by atoms with Crippen molar-refractivity contribution < 1.29 is 19.5 Å². The van der Waals surface area contributed by atoms with Crippen LogP contribution in [0.2, 0.25) is 0 Å². The summed E-state index contributed by atoms with van der Waals surface area (Å²) in [5, 5.41) is 8.33. The molecule has 0 atom stereocenters. The second-order valence-corrected chi connectivity index (χ2v) is 1.97. The van der Waals surface area contributed by atoms with Crippen molar-refractivity contribution in [3.05, 3.63) is 12.3 Å². The van der Waals surface area contributed by atoms with Crippen molar-refractivity contribution in [2.45, 2.75) is 6.42 Å². The Kier molecular flexibility index (Phi) is 1.72. The molecule has 1 aliphatic rings. The van der Waals surface area contributed by atoms with Crippen LogP contribution in [0.15, 0.2) is 12.3 Å². The molecule has 0 radical (unpaired) electrons. The first-order chi connectivity index (χ1) is 5.13. The molecule has 0 aromatic heterocycles. The smallest absolute Gasteiger partial charge is 0.418 e. The van der Waals surface area contributed by atoms with Crippen LogP contribution in [0.25, 0.3) is 0 Å². The van der Waals surface area contributed by atoms with E-state index in [0.717, 1.165) is 6.20 Å². The fourth-order valence-corrected chi connectivity index (χ4v) is 0.705. The first-order valence-electron chi connectivity index (χ1n) is 2.89. The van der Waals surface area contributed by atoms with E-state index in [1.54, 1.807) is 0 Å². The summed E-state index contributed by atoms with van der Waals surface area (Å²) in [5.74, 6) is -1.69. The van der Waals surface area contributed by atoms with E-state index < -0.39 is 17.8 Å². The number of carbonyl (C=O) groups is 3. The first-order valence-corrected chi connectivity index (χ1v) is 2.89. The SMILES string of the molecule is O=C1CC=CN(C(=O)O)C1=O. The lowest BCUT2D eigenvalue weighted by atomic mass is 10.2. The third-order valence-corrected chi connectivity index (χ3v) is 1.22. The van der Waals surface area contributed by atoms with Gasteiger partial charge in [0.1, 0.15) is 0 Å². The van der Waals surface area contributed by atoms with E-state index in [0.29, 0.717) is 4.90 Å². The van der Waals surface area contributed by atoms with Crippen molar-refractivity contribution >= 4 is 17.8 Å². The molecule has 5 nitrogen and oxygen atoms in total. The van der Waals surface area contributed by atoms with Gasteiger partial charge in [-0.3, -0.25) is 9.59 Å². The summed E-state index contributed by atoms with van der Waals surface area (Å²) in [6.45, 7) is 0. The molecule has 1 heterocycles. The number of amides is 2. The Morgan fingerprint density at radius 2 is 2.18 bits per heavy atom. The molecule has 0 aromatic rings. The average molecular weight is 155 g/mol. The summed E-state index contributed by atoms with van der Waals surface area (Å²) in [5.41, 5.74) is 0. The Bertz CT molecular complexity index is 255. The maximum absolute atomic E-state index is 10.7. The van der Waals surface area contributed by atoms with Gasteiger partial charge in [0.25, 0.3) is 0 Å². The summed E-state index contributed by atoms with van der Waals surface area (Å²) >= 11 is 0. The van der Waals surface area contributed by atoms with Crippen molar-refractivity contribution in [1.82, 2.24) is 4.90 Å². The molecule has 1 N–H and O–H groups in total. The molecule has 11 heavy (non-hydrogen) atoms. The second-order valence-electron chi connectivity index (χ2n) is 1.97. The number of ketones is 1. The molecule has 58 valence electrons. The molecule has 1 aliphatic heterocycles. The summed E-state index contributed by atoms with van der Waals surface area (Å²) in [6.07, 6.45) is 0.964. The predicted octanol–water partition coefficient (Wildman–Crippen LogP) is -0.0205. The van der Waals surface area contributed by atoms with Crippen LogP contribution in [-0.2, 0) is 9.59 Å². The summed E-state index contributed by atoms with van der Waals surface area (Å²) in [6, 6.07) is 0. The summed E-state index contributed by atoms with van der Waals surface area (Å²) < 4.78 is 0. The van der Waals surface area contributed by atoms with Crippen LogP contribution < -0.4 is 0 Å². The van der Waals surface area contributed by atoms with Gasteiger partial charge in [-0.15, -0.1) is 0 Å². The Morgan fingerprint density at radius 1 is 1.55 bits per heavy atom. The minimum absolute atomic E-state index is 0.0113. The van der Waals surface area contributed by atoms with Crippen LogP contribution >= 0.6 is 0 Å². The van der Waals surface area contributed by atoms with Crippen molar-refractivity contribution in [2.75, 3.05) is 0 Å². The van der Waals surface area contributed by atoms with Gasteiger partial charge < -0.3 is 5.11 Å². The number of imide groups is 1. The van der Waals surface area contributed by atoms with E-state index in [1.165, 1.54) is 6.08 Å². The van der Waals surface area contributed by atoms with E-state index in [4.69, 9.17) is 5.11 Å². The molecule has 0 fully saturated rings. The van der Waals surface area contributed by atoms with Crippen LogP contribution in [0.3, 0.4) is 0 Å². The van der Waals surface area contributed by atoms with E-state index in [1.807, 2.05) is 0 Å². The first kappa shape index (κ1) is 7.46. The van der Waals surface area contributed by atoms with Crippen LogP contribution in [0, 0.1) is 0 Å². The Hall–Kier alpha value is -1.65. The molecule has 5 heteroatoms. The van der Waals surface area contributed by atoms with Gasteiger partial charge in [-0.2, -0.15) is 0 Å². The number of hydrogen-bond donors (Lipinski definition) is 1. The highest BCUT2D eigenvalue weighted by Crippen LogP contribution is 2.03. The zero-order valence-corrected chi connectivity index (χ0v) is 5.48. The molecular weight excluding hydrogens is 150 g/mol. The van der Waals surface area contributed by atoms with Gasteiger partial charge in [0.15, 0.2) is 0 Å². The molecule has 0 aliphatic carbocycles. The minimum atomic E-state index is -1.43. The van der Waals surface area contributed by atoms with Crippen molar-refractivity contribution in [2.24, 2.45) is 0 Å². The quantitative estimate of drug-likeness (QED) is 0.499. The molecule has 0 saturated heterocycles. The zero-order chi connectivity index (χ0) is 8.43. The molecule has 0 saturated carbocycles. The highest BCUT2D eigenvalue weighted by Gasteiger charge is 2.26. The summed E-state index contributed by atoms with van der Waals surface area (Å²) in [7, 11) is 0. The van der Waals surface area contributed by atoms with Gasteiger partial charge in [0, 0.05) is 12.6 Å². The molecule has 1 rings (SSSR count). The third kappa shape index (κ3) is 1.26. The topological polar surface area (TPSA) is 74.7 Å². The number of nitrogens with zero attached hydrogens (tertiary/aromatic N) is 1. The Morgan fingerprint density at radius 3 is 2.64 bits per heavy atom. The lowest BCUT2D eigenvalue weighted by Crippen LogP contribution is -2.38. The normalized spacial score (nSPS) is 17.3. The number of allylic oxidation sites excluding steroid dienone is 1. The van der Waals surface area contributed by atoms with Gasteiger partial charge in [0.2, 0.25) is 5.78 Å². The number of carbonyl (C=O) groups excluding carboxylic acids is 2. The van der Waals surface area contributed by atoms with Crippen molar-refractivity contribution in [3.8, 4) is 0 Å². The van der Waals surface area contributed by atoms with E-state index in [2.05, 4.69) is 0 Å². The molecule has 0 spiro atoms. The largest absolute Gasteiger partial charge is 0.464 e.